The van der Waals surface area contributed by atoms with Gasteiger partial charge in [-0.15, -0.1) is 0 Å². The van der Waals surface area contributed by atoms with Crippen LogP contribution in [0.25, 0.3) is 0 Å². The molecule has 1 rings (SSSR count). The van der Waals surface area contributed by atoms with Gasteiger partial charge < -0.3 is 0 Å². The van der Waals surface area contributed by atoms with E-state index in [1.807, 2.05) is 5.32 Å². The number of rotatable bonds is 1. The number of carbonyl (C=O) groups is 2. The molecule has 0 aliphatic carbocycles. The molecule has 0 aromatic heterocycles. The molecule has 1 aliphatic heterocycles. The third kappa shape index (κ3) is 1.56. The molecule has 1 heterocycles. The molecular formula is C5H7NO4S. The summed E-state index contributed by atoms with van der Waals surface area (Å²) in [5.41, 5.74) is 0. The second kappa shape index (κ2) is 2.30. The highest BCUT2D eigenvalue weighted by molar-refractivity contribution is 7.92. The number of sulfone groups is 1. The second-order valence-corrected chi connectivity index (χ2v) is 4.66. The molecule has 62 valence electrons. The van der Waals surface area contributed by atoms with Crippen molar-refractivity contribution in [2.24, 2.45) is 0 Å². The normalized spacial score (nSPS) is 25.4. The predicted octanol–water partition coefficient (Wildman–Crippen LogP) is -1.55. The van der Waals surface area contributed by atoms with Crippen molar-refractivity contribution in [3.05, 3.63) is 0 Å². The maximum atomic E-state index is 10.8. The monoisotopic (exact) mass is 177 g/mol. The topological polar surface area (TPSA) is 80.3 Å². The first-order valence-electron chi connectivity index (χ1n) is 2.94. The number of imide groups is 1. The van der Waals surface area contributed by atoms with Crippen molar-refractivity contribution < 1.29 is 18.0 Å². The Morgan fingerprint density at radius 3 is 2.18 bits per heavy atom. The Morgan fingerprint density at radius 2 is 2.00 bits per heavy atom. The van der Waals surface area contributed by atoms with Gasteiger partial charge in [0, 0.05) is 6.26 Å². The van der Waals surface area contributed by atoms with Gasteiger partial charge in [-0.1, -0.05) is 0 Å². The maximum absolute atomic E-state index is 10.8. The number of carbonyl (C=O) groups excluding carboxylic acids is 2. The maximum Gasteiger partial charge on any atom is 0.245 e. The zero-order valence-corrected chi connectivity index (χ0v) is 6.64. The molecule has 0 saturated carbocycles. The molecule has 1 N–H and O–H groups in total. The van der Waals surface area contributed by atoms with Gasteiger partial charge in [0.25, 0.3) is 0 Å². The quantitative estimate of drug-likeness (QED) is 0.491. The van der Waals surface area contributed by atoms with E-state index in [0.717, 1.165) is 6.26 Å². The Hall–Kier alpha value is -0.910. The molecule has 1 aliphatic rings. The van der Waals surface area contributed by atoms with E-state index in [1.54, 1.807) is 0 Å². The lowest BCUT2D eigenvalue weighted by molar-refractivity contribution is -0.124. The number of nitrogens with one attached hydrogen (secondary N) is 1. The first kappa shape index (κ1) is 8.19. The van der Waals surface area contributed by atoms with Crippen LogP contribution in [0.2, 0.25) is 0 Å². The van der Waals surface area contributed by atoms with Crippen molar-refractivity contribution in [3.8, 4) is 0 Å². The van der Waals surface area contributed by atoms with Gasteiger partial charge in [-0.2, -0.15) is 0 Å². The third-order valence-electron chi connectivity index (χ3n) is 1.44. The first-order chi connectivity index (χ1) is 4.91. The van der Waals surface area contributed by atoms with Crippen LogP contribution in [0.15, 0.2) is 0 Å². The van der Waals surface area contributed by atoms with E-state index in [-0.39, 0.29) is 6.42 Å². The van der Waals surface area contributed by atoms with E-state index in [0.29, 0.717) is 0 Å². The first-order valence-corrected chi connectivity index (χ1v) is 4.89. The lowest BCUT2D eigenvalue weighted by Gasteiger charge is -1.99. The van der Waals surface area contributed by atoms with Crippen molar-refractivity contribution in [3.63, 3.8) is 0 Å². The summed E-state index contributed by atoms with van der Waals surface area (Å²) in [5, 5.41) is 0.745. The summed E-state index contributed by atoms with van der Waals surface area (Å²) >= 11 is 0. The fourth-order valence-corrected chi connectivity index (χ4v) is 1.78. The molecule has 1 saturated heterocycles. The van der Waals surface area contributed by atoms with Gasteiger partial charge in [-0.25, -0.2) is 8.42 Å². The van der Waals surface area contributed by atoms with Crippen LogP contribution in [0.5, 0.6) is 0 Å². The van der Waals surface area contributed by atoms with Crippen LogP contribution in [-0.4, -0.2) is 31.7 Å². The largest absolute Gasteiger partial charge is 0.295 e. The highest BCUT2D eigenvalue weighted by atomic mass is 32.2. The Balaban J connectivity index is 2.94. The van der Waals surface area contributed by atoms with Gasteiger partial charge in [0.2, 0.25) is 11.8 Å². The predicted molar refractivity (Wildman–Crippen MR) is 36.4 cm³/mol. The minimum absolute atomic E-state index is 0.238. The molecule has 1 unspecified atom stereocenters. The molecule has 1 fully saturated rings. The second-order valence-electron chi connectivity index (χ2n) is 2.43. The molecule has 6 heteroatoms. The SMILES string of the molecule is CS(=O)(=O)C1CC(=O)NC1=O. The van der Waals surface area contributed by atoms with Crippen molar-refractivity contribution in [1.82, 2.24) is 5.32 Å². The summed E-state index contributed by atoms with van der Waals surface area (Å²) in [6.45, 7) is 0. The van der Waals surface area contributed by atoms with E-state index >= 15 is 0 Å². The van der Waals surface area contributed by atoms with Crippen LogP contribution in [0.1, 0.15) is 6.42 Å². The van der Waals surface area contributed by atoms with Crippen molar-refractivity contribution >= 4 is 21.7 Å². The molecule has 11 heavy (non-hydrogen) atoms. The molecule has 2 amide bonds. The fraction of sp³-hybridized carbons (Fsp3) is 0.600. The van der Waals surface area contributed by atoms with Gasteiger partial charge in [0.15, 0.2) is 9.84 Å². The average molecular weight is 177 g/mol. The van der Waals surface area contributed by atoms with E-state index in [1.165, 1.54) is 0 Å². The molecule has 0 bridgehead atoms. The van der Waals surface area contributed by atoms with Gasteiger partial charge in [-0.3, -0.25) is 14.9 Å². The van der Waals surface area contributed by atoms with Gasteiger partial charge in [-0.05, 0) is 0 Å². The fourth-order valence-electron chi connectivity index (χ4n) is 0.876. The number of hydrogen-bond donors (Lipinski definition) is 1. The molecule has 5 nitrogen and oxygen atoms in total. The molecule has 0 aromatic rings. The lowest BCUT2D eigenvalue weighted by atomic mass is 10.4. The Kier molecular flexibility index (Phi) is 1.71. The van der Waals surface area contributed by atoms with E-state index in [9.17, 15) is 18.0 Å². The van der Waals surface area contributed by atoms with Crippen molar-refractivity contribution in [1.29, 1.82) is 0 Å². The molecular weight excluding hydrogens is 170 g/mol. The average Bonchev–Trinajstić information content (AvgIpc) is 2.08. The van der Waals surface area contributed by atoms with Crippen molar-refractivity contribution in [2.75, 3.05) is 6.26 Å². The summed E-state index contributed by atoms with van der Waals surface area (Å²) in [4.78, 5) is 21.2. The van der Waals surface area contributed by atoms with Crippen LogP contribution in [0.3, 0.4) is 0 Å². The van der Waals surface area contributed by atoms with Crippen molar-refractivity contribution in [2.45, 2.75) is 11.7 Å². The van der Waals surface area contributed by atoms with Crippen LogP contribution >= 0.6 is 0 Å². The Bertz CT molecular complexity index is 304. The molecule has 1 atom stereocenters. The van der Waals surface area contributed by atoms with Gasteiger partial charge in [0.1, 0.15) is 5.25 Å². The van der Waals surface area contributed by atoms with Crippen LogP contribution in [-0.2, 0) is 19.4 Å². The van der Waals surface area contributed by atoms with Crippen LogP contribution in [0, 0.1) is 0 Å². The summed E-state index contributed by atoms with van der Waals surface area (Å²) in [6, 6.07) is 0. The van der Waals surface area contributed by atoms with Gasteiger partial charge >= 0.3 is 0 Å². The van der Waals surface area contributed by atoms with Crippen LogP contribution in [0.4, 0.5) is 0 Å². The molecule has 0 radical (unpaired) electrons. The Morgan fingerprint density at radius 1 is 1.45 bits per heavy atom. The highest BCUT2D eigenvalue weighted by Gasteiger charge is 2.37. The number of amides is 2. The highest BCUT2D eigenvalue weighted by Crippen LogP contribution is 2.10. The summed E-state index contributed by atoms with van der Waals surface area (Å²) < 4.78 is 21.6. The zero-order valence-electron chi connectivity index (χ0n) is 5.83. The molecule has 0 spiro atoms. The zero-order chi connectivity index (χ0) is 8.65. The minimum atomic E-state index is -3.42. The summed E-state index contributed by atoms with van der Waals surface area (Å²) in [7, 11) is -3.42. The summed E-state index contributed by atoms with van der Waals surface area (Å²) in [6.07, 6.45) is 0.702. The van der Waals surface area contributed by atoms with Crippen LogP contribution < -0.4 is 5.32 Å². The smallest absolute Gasteiger partial charge is 0.245 e. The molecule has 0 aromatic carbocycles. The number of hydrogen-bond acceptors (Lipinski definition) is 4. The van der Waals surface area contributed by atoms with E-state index in [2.05, 4.69) is 0 Å². The lowest BCUT2D eigenvalue weighted by Crippen LogP contribution is -2.29. The Labute approximate surface area is 63.7 Å². The standard InChI is InChI=1S/C5H7NO4S/c1-11(9,10)3-2-4(7)6-5(3)8/h3H,2H2,1H3,(H,6,7,8). The van der Waals surface area contributed by atoms with Gasteiger partial charge in [0.05, 0.1) is 6.42 Å². The van der Waals surface area contributed by atoms with E-state index in [4.69, 9.17) is 0 Å². The van der Waals surface area contributed by atoms with E-state index < -0.39 is 26.9 Å². The minimum Gasteiger partial charge on any atom is -0.295 e. The summed E-state index contributed by atoms with van der Waals surface area (Å²) in [5.74, 6) is -1.23. The third-order valence-corrected chi connectivity index (χ3v) is 2.86.